The Morgan fingerprint density at radius 1 is 0.758 bits per heavy atom. The maximum atomic E-state index is 13.2. The minimum absolute atomic E-state index is 0.305. The Hall–Kier alpha value is -2.93. The molecule has 0 aliphatic carbocycles. The van der Waals surface area contributed by atoms with E-state index in [-0.39, 0.29) is 5.31 Å². The Labute approximate surface area is 193 Å². The van der Waals surface area contributed by atoms with Crippen molar-refractivity contribution < 1.29 is 37.2 Å². The van der Waals surface area contributed by atoms with Crippen molar-refractivity contribution >= 4 is 19.4 Å². The topological polar surface area (TPSA) is 89.5 Å². The van der Waals surface area contributed by atoms with E-state index in [1.54, 1.807) is 88.4 Å². The van der Waals surface area contributed by atoms with Crippen LogP contribution in [-0.4, -0.2) is 37.4 Å². The van der Waals surface area contributed by atoms with Crippen LogP contribution in [0.5, 0.6) is 11.5 Å². The second-order valence-corrected chi connectivity index (χ2v) is 11.2. The van der Waals surface area contributed by atoms with Gasteiger partial charge < -0.3 is 0 Å². The Bertz CT molecular complexity index is 985. The van der Waals surface area contributed by atoms with Gasteiger partial charge in [-0.05, 0) is 0 Å². The minimum atomic E-state index is -5.16. The van der Waals surface area contributed by atoms with Gasteiger partial charge in [0.2, 0.25) is 0 Å². The molecule has 1 aliphatic heterocycles. The van der Waals surface area contributed by atoms with Gasteiger partial charge in [-0.3, -0.25) is 0 Å². The summed E-state index contributed by atoms with van der Waals surface area (Å²) in [4.78, 5) is 25.6. The number of methoxy groups -OCH3 is 2. The number of rotatable bonds is 7. The molecule has 2 aromatic rings. The van der Waals surface area contributed by atoms with E-state index in [0.717, 1.165) is 6.08 Å². The number of carbonyl (C=O) groups is 2. The summed E-state index contributed by atoms with van der Waals surface area (Å²) in [5.41, 5.74) is -2.03. The standard InChI is InChI=1S/C24H29O8P/c1-23(2)24(3,4)32-33(31-23,29-18-13-9-7-10-14-18,30-19-15-11-8-12-16-19)20(22(26)28-6)17-21(25)27-5/h7-17H,1-6H3. The first-order chi connectivity index (χ1) is 15.5. The first-order valence-corrected chi connectivity index (χ1v) is 12.2. The predicted octanol–water partition coefficient (Wildman–Crippen LogP) is 5.19. The molecule has 2 aromatic carbocycles. The normalized spacial score (nSPS) is 21.2. The Morgan fingerprint density at radius 3 is 1.55 bits per heavy atom. The number of benzene rings is 2. The molecule has 0 unspecified atom stereocenters. The van der Waals surface area contributed by atoms with Gasteiger partial charge in [0.05, 0.1) is 0 Å². The molecule has 178 valence electrons. The summed E-state index contributed by atoms with van der Waals surface area (Å²) in [6, 6.07) is 17.3. The van der Waals surface area contributed by atoms with E-state index in [9.17, 15) is 9.59 Å². The van der Waals surface area contributed by atoms with E-state index in [4.69, 9.17) is 27.6 Å². The number of hydrogen-bond donors (Lipinski definition) is 0. The van der Waals surface area contributed by atoms with Gasteiger partial charge in [-0.25, -0.2) is 0 Å². The van der Waals surface area contributed by atoms with Crippen LogP contribution in [0.25, 0.3) is 0 Å². The third kappa shape index (κ3) is 4.60. The fourth-order valence-corrected chi connectivity index (χ4v) is 7.54. The van der Waals surface area contributed by atoms with E-state index in [0.29, 0.717) is 11.5 Å². The van der Waals surface area contributed by atoms with E-state index in [1.165, 1.54) is 14.2 Å². The average Bonchev–Trinajstić information content (AvgIpc) is 2.93. The first-order valence-electron chi connectivity index (χ1n) is 10.3. The van der Waals surface area contributed by atoms with Crippen molar-refractivity contribution in [2.24, 2.45) is 0 Å². The molecule has 0 aromatic heterocycles. The van der Waals surface area contributed by atoms with Crippen LogP contribution in [0.3, 0.4) is 0 Å². The SMILES string of the molecule is COC(=O)C=C(C(=O)OC)P1(Oc2ccccc2)(Oc2ccccc2)OC(C)(C)C(C)(C)O1. The zero-order chi connectivity index (χ0) is 24.4. The monoisotopic (exact) mass is 476 g/mol. The summed E-state index contributed by atoms with van der Waals surface area (Å²) >= 11 is 0. The van der Waals surface area contributed by atoms with E-state index < -0.39 is 30.7 Å². The van der Waals surface area contributed by atoms with Crippen molar-refractivity contribution in [3.8, 4) is 11.5 Å². The molecule has 1 saturated heterocycles. The van der Waals surface area contributed by atoms with Gasteiger partial charge in [0.1, 0.15) is 0 Å². The van der Waals surface area contributed by atoms with E-state index in [1.807, 2.05) is 0 Å². The van der Waals surface area contributed by atoms with Crippen LogP contribution in [0.4, 0.5) is 0 Å². The first kappa shape index (κ1) is 24.7. The van der Waals surface area contributed by atoms with Crippen LogP contribution in [0.1, 0.15) is 27.7 Å². The summed E-state index contributed by atoms with van der Waals surface area (Å²) in [7, 11) is -2.80. The van der Waals surface area contributed by atoms with E-state index >= 15 is 0 Å². The van der Waals surface area contributed by atoms with Gasteiger partial charge in [0.15, 0.2) is 0 Å². The Balaban J connectivity index is 2.40. The third-order valence-corrected chi connectivity index (χ3v) is 9.17. The molecule has 1 heterocycles. The molecule has 0 N–H and O–H groups in total. The van der Waals surface area contributed by atoms with Crippen molar-refractivity contribution in [3.63, 3.8) is 0 Å². The van der Waals surface area contributed by atoms with Gasteiger partial charge in [-0.2, -0.15) is 0 Å². The average molecular weight is 476 g/mol. The van der Waals surface area contributed by atoms with Gasteiger partial charge in [0, 0.05) is 0 Å². The number of esters is 2. The molecule has 1 aliphatic rings. The quantitative estimate of drug-likeness (QED) is 0.306. The van der Waals surface area contributed by atoms with Crippen molar-refractivity contribution in [2.45, 2.75) is 38.9 Å². The molecule has 0 bridgehead atoms. The number of para-hydroxylation sites is 2. The second-order valence-electron chi connectivity index (χ2n) is 8.37. The Kier molecular flexibility index (Phi) is 6.58. The zero-order valence-corrected chi connectivity index (χ0v) is 20.5. The van der Waals surface area contributed by atoms with Crippen LogP contribution in [-0.2, 0) is 28.1 Å². The fourth-order valence-electron chi connectivity index (χ4n) is 3.23. The van der Waals surface area contributed by atoms with Crippen LogP contribution >= 0.6 is 7.51 Å². The van der Waals surface area contributed by atoms with Crippen molar-refractivity contribution in [3.05, 3.63) is 72.1 Å². The Morgan fingerprint density at radius 2 is 1.18 bits per heavy atom. The molecule has 0 saturated carbocycles. The molecule has 3 rings (SSSR count). The van der Waals surface area contributed by atoms with Crippen LogP contribution < -0.4 is 9.05 Å². The van der Waals surface area contributed by atoms with Crippen LogP contribution in [0.15, 0.2) is 72.1 Å². The maximum absolute atomic E-state index is 13.2. The van der Waals surface area contributed by atoms with E-state index in [2.05, 4.69) is 0 Å². The summed E-state index contributed by atoms with van der Waals surface area (Å²) in [5, 5.41) is -0.360. The predicted molar refractivity (Wildman–Crippen MR) is 124 cm³/mol. The van der Waals surface area contributed by atoms with Gasteiger partial charge in [0.25, 0.3) is 0 Å². The molecule has 0 atom stereocenters. The summed E-state index contributed by atoms with van der Waals surface area (Å²) in [6.07, 6.45) is 0.938. The molecule has 0 radical (unpaired) electrons. The number of hydrogen-bond acceptors (Lipinski definition) is 8. The van der Waals surface area contributed by atoms with Gasteiger partial charge in [-0.15, -0.1) is 0 Å². The van der Waals surface area contributed by atoms with Crippen molar-refractivity contribution in [1.82, 2.24) is 0 Å². The molecule has 1 fully saturated rings. The van der Waals surface area contributed by atoms with Crippen LogP contribution in [0, 0.1) is 0 Å². The second kappa shape index (κ2) is 8.78. The fraction of sp³-hybridized carbons (Fsp3) is 0.333. The summed E-state index contributed by atoms with van der Waals surface area (Å²) in [6.45, 7) is 7.16. The van der Waals surface area contributed by atoms with Gasteiger partial charge >= 0.3 is 193 Å². The molecule has 0 spiro atoms. The zero-order valence-electron chi connectivity index (χ0n) is 19.6. The molecule has 8 nitrogen and oxygen atoms in total. The van der Waals surface area contributed by atoms with Crippen molar-refractivity contribution in [1.29, 1.82) is 0 Å². The molecule has 33 heavy (non-hydrogen) atoms. The number of ether oxygens (including phenoxy) is 2. The van der Waals surface area contributed by atoms with Crippen LogP contribution in [0.2, 0.25) is 0 Å². The van der Waals surface area contributed by atoms with Crippen molar-refractivity contribution in [2.75, 3.05) is 14.2 Å². The molecular formula is C24H29O8P. The molecular weight excluding hydrogens is 447 g/mol. The number of carbonyl (C=O) groups excluding carboxylic acids is 2. The molecule has 9 heteroatoms. The summed E-state index contributed by atoms with van der Waals surface area (Å²) < 4.78 is 35.9. The third-order valence-electron chi connectivity index (χ3n) is 5.48. The van der Waals surface area contributed by atoms with Gasteiger partial charge in [-0.1, -0.05) is 0 Å². The summed E-state index contributed by atoms with van der Waals surface area (Å²) in [5.74, 6) is -1.14. The molecule has 0 amide bonds.